The van der Waals surface area contributed by atoms with Gasteiger partial charge in [0.15, 0.2) is 11.4 Å². The lowest BCUT2D eigenvalue weighted by molar-refractivity contribution is -0.384. The van der Waals surface area contributed by atoms with Gasteiger partial charge in [0.1, 0.15) is 0 Å². The molecule has 1 heterocycles. The highest BCUT2D eigenvalue weighted by Gasteiger charge is 2.48. The number of esters is 1. The molecular formula is C19H16ClN3O6. The Morgan fingerprint density at radius 2 is 1.86 bits per heavy atom. The average Bonchev–Trinajstić information content (AvgIpc) is 3.07. The first kappa shape index (κ1) is 20.4. The van der Waals surface area contributed by atoms with Crippen LogP contribution in [0.1, 0.15) is 29.3 Å². The molecule has 3 rings (SSSR count). The molecule has 1 atom stereocenters. The minimum atomic E-state index is -1.95. The largest absolute Gasteiger partial charge is 0.461 e. The predicted molar refractivity (Wildman–Crippen MR) is 103 cm³/mol. The van der Waals surface area contributed by atoms with Gasteiger partial charge < -0.3 is 9.84 Å². The summed E-state index contributed by atoms with van der Waals surface area (Å²) < 4.78 is 4.94. The van der Waals surface area contributed by atoms with Gasteiger partial charge in [0, 0.05) is 28.3 Å². The topological polar surface area (TPSA) is 122 Å². The summed E-state index contributed by atoms with van der Waals surface area (Å²) in [5.41, 5.74) is -1.92. The zero-order valence-corrected chi connectivity index (χ0v) is 16.0. The van der Waals surface area contributed by atoms with Crippen molar-refractivity contribution in [2.45, 2.75) is 19.1 Å². The van der Waals surface area contributed by atoms with Crippen molar-refractivity contribution >= 4 is 34.9 Å². The highest BCUT2D eigenvalue weighted by molar-refractivity contribution is 6.37. The first-order chi connectivity index (χ1) is 13.8. The van der Waals surface area contributed by atoms with Crippen LogP contribution in [-0.2, 0) is 15.3 Å². The van der Waals surface area contributed by atoms with E-state index in [1.54, 1.807) is 6.92 Å². The minimum absolute atomic E-state index is 0.0526. The standard InChI is InChI=1S/C19H16ClN3O6/c1-2-29-18(25)16-11-19(26,13-5-7-14(20)8-6-13)22(21-16)17(24)12-3-9-15(10-4-12)23(27)28/h3-10,26H,2,11H2,1H3. The smallest absolute Gasteiger partial charge is 0.354 e. The Morgan fingerprint density at radius 1 is 1.24 bits per heavy atom. The van der Waals surface area contributed by atoms with Crippen LogP contribution in [0.2, 0.25) is 5.02 Å². The van der Waals surface area contributed by atoms with Gasteiger partial charge in [0.05, 0.1) is 18.0 Å². The van der Waals surface area contributed by atoms with Crippen molar-refractivity contribution < 1.29 is 24.4 Å². The van der Waals surface area contributed by atoms with Crippen molar-refractivity contribution in [3.05, 3.63) is 74.8 Å². The number of amides is 1. The SMILES string of the molecule is CCOC(=O)C1=NN(C(=O)c2ccc([N+](=O)[O-])cc2)C(O)(c2ccc(Cl)cc2)C1. The molecule has 0 aliphatic carbocycles. The van der Waals surface area contributed by atoms with Gasteiger partial charge in [-0.3, -0.25) is 14.9 Å². The average molecular weight is 418 g/mol. The molecule has 9 nitrogen and oxygen atoms in total. The molecule has 1 aliphatic heterocycles. The number of hydrogen-bond donors (Lipinski definition) is 1. The van der Waals surface area contributed by atoms with E-state index in [-0.39, 0.29) is 30.0 Å². The van der Waals surface area contributed by atoms with Gasteiger partial charge in [-0.1, -0.05) is 23.7 Å². The number of carbonyl (C=O) groups excluding carboxylic acids is 2. The van der Waals surface area contributed by atoms with Gasteiger partial charge in [-0.25, -0.2) is 4.79 Å². The number of ether oxygens (including phenoxy) is 1. The Hall–Kier alpha value is -3.30. The van der Waals surface area contributed by atoms with E-state index >= 15 is 0 Å². The third kappa shape index (κ3) is 3.96. The van der Waals surface area contributed by atoms with Crippen LogP contribution in [0.15, 0.2) is 53.6 Å². The molecule has 0 fully saturated rings. The molecule has 0 saturated heterocycles. The van der Waals surface area contributed by atoms with Crippen molar-refractivity contribution in [3.63, 3.8) is 0 Å². The Kier molecular flexibility index (Phi) is 5.62. The van der Waals surface area contributed by atoms with Crippen molar-refractivity contribution in [2.75, 3.05) is 6.61 Å². The summed E-state index contributed by atoms with van der Waals surface area (Å²) in [7, 11) is 0. The molecule has 1 aliphatic rings. The molecule has 29 heavy (non-hydrogen) atoms. The Labute approximate surface area is 170 Å². The molecule has 2 aromatic carbocycles. The van der Waals surface area contributed by atoms with Crippen LogP contribution in [0.4, 0.5) is 5.69 Å². The lowest BCUT2D eigenvalue weighted by Gasteiger charge is -2.31. The van der Waals surface area contributed by atoms with Crippen LogP contribution in [-0.4, -0.2) is 39.2 Å². The lowest BCUT2D eigenvalue weighted by atomic mass is 9.96. The number of rotatable bonds is 5. The number of hydrazone groups is 1. The van der Waals surface area contributed by atoms with Crippen molar-refractivity contribution in [2.24, 2.45) is 5.10 Å². The summed E-state index contributed by atoms with van der Waals surface area (Å²) in [5, 5.41) is 27.3. The second-order valence-corrected chi connectivity index (χ2v) is 6.62. The van der Waals surface area contributed by atoms with Gasteiger partial charge in [0.25, 0.3) is 11.6 Å². The molecule has 0 radical (unpaired) electrons. The molecule has 1 unspecified atom stereocenters. The molecule has 150 valence electrons. The van der Waals surface area contributed by atoms with Crippen molar-refractivity contribution in [1.82, 2.24) is 5.01 Å². The number of hydrogen-bond acceptors (Lipinski definition) is 7. The zero-order valence-electron chi connectivity index (χ0n) is 15.2. The Bertz CT molecular complexity index is 990. The van der Waals surface area contributed by atoms with Crippen LogP contribution in [0, 0.1) is 10.1 Å². The summed E-state index contributed by atoms with van der Waals surface area (Å²) in [6.07, 6.45) is -0.286. The number of benzene rings is 2. The summed E-state index contributed by atoms with van der Waals surface area (Å²) in [4.78, 5) is 35.4. The fourth-order valence-corrected chi connectivity index (χ4v) is 3.00. The highest BCUT2D eigenvalue weighted by Crippen LogP contribution is 2.37. The first-order valence-electron chi connectivity index (χ1n) is 8.58. The van der Waals surface area contributed by atoms with E-state index in [0.29, 0.717) is 10.6 Å². The monoisotopic (exact) mass is 417 g/mol. The van der Waals surface area contributed by atoms with E-state index in [2.05, 4.69) is 5.10 Å². The molecule has 10 heteroatoms. The quantitative estimate of drug-likeness (QED) is 0.453. The zero-order chi connectivity index (χ0) is 21.2. The van der Waals surface area contributed by atoms with Crippen LogP contribution in [0.3, 0.4) is 0 Å². The minimum Gasteiger partial charge on any atom is -0.461 e. The molecule has 0 bridgehead atoms. The van der Waals surface area contributed by atoms with Crippen LogP contribution < -0.4 is 0 Å². The number of nitrogens with zero attached hydrogens (tertiary/aromatic N) is 3. The molecule has 0 spiro atoms. The molecule has 0 aromatic heterocycles. The summed E-state index contributed by atoms with van der Waals surface area (Å²) in [5.74, 6) is -1.49. The number of halogens is 1. The second kappa shape index (κ2) is 7.98. The van der Waals surface area contributed by atoms with Crippen LogP contribution >= 0.6 is 11.6 Å². The lowest BCUT2D eigenvalue weighted by Crippen LogP contribution is -2.43. The van der Waals surface area contributed by atoms with Gasteiger partial charge in [0.2, 0.25) is 0 Å². The number of carbonyl (C=O) groups is 2. The third-order valence-corrected chi connectivity index (χ3v) is 4.57. The van der Waals surface area contributed by atoms with E-state index in [1.165, 1.54) is 48.5 Å². The third-order valence-electron chi connectivity index (χ3n) is 4.32. The first-order valence-corrected chi connectivity index (χ1v) is 8.96. The Balaban J connectivity index is 2.01. The molecule has 0 saturated carbocycles. The maximum absolute atomic E-state index is 13.0. The Morgan fingerprint density at radius 3 is 2.41 bits per heavy atom. The van der Waals surface area contributed by atoms with Gasteiger partial charge in [-0.15, -0.1) is 0 Å². The van der Waals surface area contributed by atoms with E-state index in [1.807, 2.05) is 0 Å². The summed E-state index contributed by atoms with van der Waals surface area (Å²) in [6.45, 7) is 1.73. The molecular weight excluding hydrogens is 402 g/mol. The van der Waals surface area contributed by atoms with E-state index in [4.69, 9.17) is 16.3 Å². The van der Waals surface area contributed by atoms with Gasteiger partial charge >= 0.3 is 5.97 Å². The highest BCUT2D eigenvalue weighted by atomic mass is 35.5. The van der Waals surface area contributed by atoms with E-state index < -0.39 is 22.5 Å². The van der Waals surface area contributed by atoms with E-state index in [9.17, 15) is 24.8 Å². The molecule has 1 N–H and O–H groups in total. The van der Waals surface area contributed by atoms with Gasteiger partial charge in [-0.05, 0) is 31.2 Å². The van der Waals surface area contributed by atoms with E-state index in [0.717, 1.165) is 5.01 Å². The van der Waals surface area contributed by atoms with Crippen LogP contribution in [0.5, 0.6) is 0 Å². The molecule has 1 amide bonds. The second-order valence-electron chi connectivity index (χ2n) is 6.19. The maximum Gasteiger partial charge on any atom is 0.354 e. The van der Waals surface area contributed by atoms with Crippen molar-refractivity contribution in [1.29, 1.82) is 0 Å². The maximum atomic E-state index is 13.0. The summed E-state index contributed by atoms with van der Waals surface area (Å²) in [6, 6.07) is 10.9. The van der Waals surface area contributed by atoms with Crippen LogP contribution in [0.25, 0.3) is 0 Å². The number of aliphatic hydroxyl groups is 1. The fourth-order valence-electron chi connectivity index (χ4n) is 2.88. The fraction of sp³-hybridized carbons (Fsp3) is 0.211. The predicted octanol–water partition coefficient (Wildman–Crippen LogP) is 2.86. The summed E-state index contributed by atoms with van der Waals surface area (Å²) >= 11 is 5.90. The van der Waals surface area contributed by atoms with Crippen molar-refractivity contribution in [3.8, 4) is 0 Å². The number of non-ortho nitro benzene ring substituents is 1. The van der Waals surface area contributed by atoms with Gasteiger partial charge in [-0.2, -0.15) is 10.1 Å². The normalized spacial score (nSPS) is 18.3. The number of nitro groups is 1. The number of nitro benzene ring substituents is 1. The molecule has 2 aromatic rings.